The first-order valence-corrected chi connectivity index (χ1v) is 6.89. The van der Waals surface area contributed by atoms with E-state index in [0.717, 1.165) is 0 Å². The lowest BCUT2D eigenvalue weighted by atomic mass is 9.51. The summed E-state index contributed by atoms with van der Waals surface area (Å²) < 4.78 is 25.1. The largest absolute Gasteiger partial charge is 0.297 e. The Morgan fingerprint density at radius 3 is 2.70 bits per heavy atom. The average Bonchev–Trinajstić information content (AvgIpc) is 2.36. The van der Waals surface area contributed by atoms with Gasteiger partial charge in [-0.2, -0.15) is 5.26 Å². The Balaban J connectivity index is 2.33. The first kappa shape index (κ1) is 15.1. The number of Topliss-reactive ketones (excluding diaryl/α,β-unsaturated/α-hetero) is 1. The maximum absolute atomic E-state index is 12.5. The highest BCUT2D eigenvalue weighted by Gasteiger charge is 2.55. The number of carbonyl (C=O) groups excluding carboxylic acids is 1. The smallest absolute Gasteiger partial charge is 0.251 e. The molecule has 1 saturated heterocycles. The molecule has 3 nitrogen and oxygen atoms in total. The van der Waals surface area contributed by atoms with Crippen molar-refractivity contribution >= 4 is 5.78 Å². The zero-order valence-electron chi connectivity index (χ0n) is 12.1. The molecular weight excluding hydrogens is 262 g/mol. The van der Waals surface area contributed by atoms with Crippen molar-refractivity contribution in [3.05, 3.63) is 11.6 Å². The van der Waals surface area contributed by atoms with Crippen molar-refractivity contribution in [3.8, 4) is 6.07 Å². The van der Waals surface area contributed by atoms with Crippen molar-refractivity contribution in [1.82, 2.24) is 4.90 Å². The third kappa shape index (κ3) is 2.16. The molecule has 0 aromatic carbocycles. The first-order chi connectivity index (χ1) is 9.22. The van der Waals surface area contributed by atoms with Crippen LogP contribution in [0.15, 0.2) is 11.6 Å². The minimum atomic E-state index is -2.35. The molecule has 0 saturated carbocycles. The Hall–Kier alpha value is -1.28. The van der Waals surface area contributed by atoms with Gasteiger partial charge in [0.15, 0.2) is 5.78 Å². The maximum Gasteiger partial charge on any atom is 0.251 e. The number of nitriles is 1. The molecule has 5 heteroatoms. The monoisotopic (exact) mass is 282 g/mol. The fourth-order valence-corrected chi connectivity index (χ4v) is 3.48. The lowest BCUT2D eigenvalue weighted by Crippen LogP contribution is -2.57. The second-order valence-corrected chi connectivity index (χ2v) is 6.57. The molecule has 0 radical (unpaired) electrons. The van der Waals surface area contributed by atoms with Gasteiger partial charge in [0.05, 0.1) is 12.1 Å². The molecule has 0 amide bonds. The normalized spacial score (nSPS) is 33.5. The van der Waals surface area contributed by atoms with Gasteiger partial charge in [0.25, 0.3) is 6.43 Å². The molecule has 0 N–H and O–H groups in total. The zero-order chi connectivity index (χ0) is 15.1. The number of carbonyl (C=O) groups is 1. The van der Waals surface area contributed by atoms with E-state index in [2.05, 4.69) is 0 Å². The molecule has 1 fully saturated rings. The van der Waals surface area contributed by atoms with Crippen molar-refractivity contribution in [3.63, 3.8) is 0 Å². The SMILES string of the molecule is CC1(C)C(=O)C(C#N)=CC2CN(CC(F)F)CCC21C. The number of allylic oxidation sites excluding steroid dienone is 1. The Morgan fingerprint density at radius 1 is 1.50 bits per heavy atom. The van der Waals surface area contributed by atoms with E-state index in [0.29, 0.717) is 19.5 Å². The Labute approximate surface area is 118 Å². The summed E-state index contributed by atoms with van der Waals surface area (Å²) in [5, 5.41) is 9.11. The molecule has 110 valence electrons. The fourth-order valence-electron chi connectivity index (χ4n) is 3.48. The molecule has 0 aromatic rings. The summed E-state index contributed by atoms with van der Waals surface area (Å²) in [4.78, 5) is 14.1. The number of piperidine rings is 1. The number of ketones is 1. The van der Waals surface area contributed by atoms with Gasteiger partial charge in [-0.1, -0.05) is 26.8 Å². The van der Waals surface area contributed by atoms with Crippen LogP contribution in [0.4, 0.5) is 8.78 Å². The third-order valence-electron chi connectivity index (χ3n) is 5.35. The molecule has 1 aliphatic heterocycles. The van der Waals surface area contributed by atoms with Gasteiger partial charge < -0.3 is 0 Å². The van der Waals surface area contributed by atoms with Gasteiger partial charge in [0.1, 0.15) is 6.07 Å². The van der Waals surface area contributed by atoms with Crippen LogP contribution in [0.1, 0.15) is 27.2 Å². The standard InChI is InChI=1S/C15H20F2N2O/c1-14(2)13(20)10(7-18)6-11-8-19(9-12(16)17)5-4-15(11,14)3/h6,11-12H,4-5,8-9H2,1-3H3. The number of rotatable bonds is 2. The highest BCUT2D eigenvalue weighted by Crippen LogP contribution is 2.54. The average molecular weight is 282 g/mol. The van der Waals surface area contributed by atoms with Gasteiger partial charge in [-0.15, -0.1) is 0 Å². The van der Waals surface area contributed by atoms with E-state index in [-0.39, 0.29) is 29.2 Å². The Morgan fingerprint density at radius 2 is 2.15 bits per heavy atom. The predicted octanol–water partition coefficient (Wildman–Crippen LogP) is 2.64. The molecule has 0 aromatic heterocycles. The zero-order valence-corrected chi connectivity index (χ0v) is 12.1. The fraction of sp³-hybridized carbons (Fsp3) is 0.733. The number of halogens is 2. The van der Waals surface area contributed by atoms with Crippen molar-refractivity contribution in [2.24, 2.45) is 16.7 Å². The van der Waals surface area contributed by atoms with E-state index in [4.69, 9.17) is 5.26 Å². The van der Waals surface area contributed by atoms with E-state index < -0.39 is 11.8 Å². The van der Waals surface area contributed by atoms with Crippen LogP contribution in [0.25, 0.3) is 0 Å². The lowest BCUT2D eigenvalue weighted by molar-refractivity contribution is -0.137. The summed E-state index contributed by atoms with van der Waals surface area (Å²) in [6.45, 7) is 6.61. The predicted molar refractivity (Wildman–Crippen MR) is 71.1 cm³/mol. The number of hydrogen-bond donors (Lipinski definition) is 0. The van der Waals surface area contributed by atoms with Crippen molar-refractivity contribution in [1.29, 1.82) is 5.26 Å². The summed E-state index contributed by atoms with van der Waals surface area (Å²) >= 11 is 0. The quantitative estimate of drug-likeness (QED) is 0.782. The molecule has 2 unspecified atom stereocenters. The molecule has 1 heterocycles. The van der Waals surface area contributed by atoms with Crippen LogP contribution in [0.5, 0.6) is 0 Å². The van der Waals surface area contributed by atoms with Crippen LogP contribution in [0.2, 0.25) is 0 Å². The van der Waals surface area contributed by atoms with Crippen LogP contribution in [-0.4, -0.2) is 36.7 Å². The number of fused-ring (bicyclic) bond motifs is 1. The van der Waals surface area contributed by atoms with E-state index >= 15 is 0 Å². The van der Waals surface area contributed by atoms with E-state index in [9.17, 15) is 13.6 Å². The number of nitrogens with zero attached hydrogens (tertiary/aromatic N) is 2. The van der Waals surface area contributed by atoms with Crippen LogP contribution in [0, 0.1) is 28.1 Å². The third-order valence-corrected chi connectivity index (χ3v) is 5.35. The summed E-state index contributed by atoms with van der Waals surface area (Å²) in [5.74, 6) is -0.154. The van der Waals surface area contributed by atoms with Crippen LogP contribution < -0.4 is 0 Å². The maximum atomic E-state index is 12.5. The minimum absolute atomic E-state index is 0.0302. The Kier molecular flexibility index (Phi) is 3.72. The molecule has 0 spiro atoms. The topological polar surface area (TPSA) is 44.1 Å². The number of hydrogen-bond acceptors (Lipinski definition) is 3. The minimum Gasteiger partial charge on any atom is -0.297 e. The molecule has 1 aliphatic carbocycles. The van der Waals surface area contributed by atoms with E-state index in [1.54, 1.807) is 11.0 Å². The molecular formula is C15H20F2N2O. The number of alkyl halides is 2. The van der Waals surface area contributed by atoms with Gasteiger partial charge in [-0.05, 0) is 24.3 Å². The Bertz CT molecular complexity index is 493. The molecule has 2 rings (SSSR count). The van der Waals surface area contributed by atoms with Gasteiger partial charge in [-0.3, -0.25) is 9.69 Å². The summed E-state index contributed by atoms with van der Waals surface area (Å²) in [6.07, 6.45) is 0.0424. The van der Waals surface area contributed by atoms with Gasteiger partial charge in [-0.25, -0.2) is 8.78 Å². The molecule has 2 aliphatic rings. The highest BCUT2D eigenvalue weighted by atomic mass is 19.3. The van der Waals surface area contributed by atoms with E-state index in [1.807, 2.05) is 26.8 Å². The van der Waals surface area contributed by atoms with Crippen LogP contribution in [-0.2, 0) is 4.79 Å². The van der Waals surface area contributed by atoms with Gasteiger partial charge >= 0.3 is 0 Å². The first-order valence-electron chi connectivity index (χ1n) is 6.89. The second kappa shape index (κ2) is 4.92. The highest BCUT2D eigenvalue weighted by molar-refractivity contribution is 6.04. The summed E-state index contributed by atoms with van der Waals surface area (Å²) in [6, 6.07) is 1.96. The molecule has 2 atom stereocenters. The van der Waals surface area contributed by atoms with Crippen molar-refractivity contribution in [2.75, 3.05) is 19.6 Å². The summed E-state index contributed by atoms with van der Waals surface area (Å²) in [7, 11) is 0. The van der Waals surface area contributed by atoms with Crippen LogP contribution in [0.3, 0.4) is 0 Å². The molecule has 20 heavy (non-hydrogen) atoms. The van der Waals surface area contributed by atoms with Crippen molar-refractivity contribution < 1.29 is 13.6 Å². The summed E-state index contributed by atoms with van der Waals surface area (Å²) in [5.41, 5.74) is -0.728. The second-order valence-electron chi connectivity index (χ2n) is 6.57. The van der Waals surface area contributed by atoms with Gasteiger partial charge in [0, 0.05) is 12.0 Å². The van der Waals surface area contributed by atoms with Crippen LogP contribution >= 0.6 is 0 Å². The van der Waals surface area contributed by atoms with Crippen molar-refractivity contribution in [2.45, 2.75) is 33.6 Å². The van der Waals surface area contributed by atoms with E-state index in [1.165, 1.54) is 0 Å². The van der Waals surface area contributed by atoms with Gasteiger partial charge in [0.2, 0.25) is 0 Å². The number of likely N-dealkylation sites (tertiary alicyclic amines) is 1. The molecule has 0 bridgehead atoms. The lowest BCUT2D eigenvalue weighted by Gasteiger charge is -2.54.